The molecule has 1 amide bonds. The lowest BCUT2D eigenvalue weighted by atomic mass is 10.2. The van der Waals surface area contributed by atoms with Gasteiger partial charge in [-0.1, -0.05) is 11.6 Å². The maximum absolute atomic E-state index is 12.2. The van der Waals surface area contributed by atoms with Crippen LogP contribution in [0.2, 0.25) is 5.02 Å². The molecule has 6 nitrogen and oxygen atoms in total. The van der Waals surface area contributed by atoms with Gasteiger partial charge >= 0.3 is 0 Å². The molecule has 1 heterocycles. The Bertz CT molecular complexity index is 803. The standard InChI is InChI=1S/C13H14ClN3O3S2/c1-8-16-6-9(21-8)7-17-13(18)11-5-10(3-4-12(11)14)22(19,20)15-2/h3-6,15H,7H2,1-2H3,(H,17,18). The highest BCUT2D eigenvalue weighted by atomic mass is 35.5. The van der Waals surface area contributed by atoms with Crippen molar-refractivity contribution < 1.29 is 13.2 Å². The van der Waals surface area contributed by atoms with Crippen molar-refractivity contribution in [1.29, 1.82) is 0 Å². The summed E-state index contributed by atoms with van der Waals surface area (Å²) in [6.07, 6.45) is 1.68. The van der Waals surface area contributed by atoms with Crippen molar-refractivity contribution >= 4 is 38.9 Å². The molecule has 0 radical (unpaired) electrons. The summed E-state index contributed by atoms with van der Waals surface area (Å²) < 4.78 is 25.7. The summed E-state index contributed by atoms with van der Waals surface area (Å²) in [5, 5.41) is 3.79. The van der Waals surface area contributed by atoms with Gasteiger partial charge in [0.05, 0.1) is 27.0 Å². The van der Waals surface area contributed by atoms with Gasteiger partial charge in [0.25, 0.3) is 5.91 Å². The van der Waals surface area contributed by atoms with E-state index in [1.165, 1.54) is 36.6 Å². The van der Waals surface area contributed by atoms with Crippen molar-refractivity contribution in [3.63, 3.8) is 0 Å². The van der Waals surface area contributed by atoms with Crippen LogP contribution in [0.15, 0.2) is 29.3 Å². The average molecular weight is 360 g/mol. The lowest BCUT2D eigenvalue weighted by molar-refractivity contribution is 0.0951. The van der Waals surface area contributed by atoms with Crippen molar-refractivity contribution in [2.45, 2.75) is 18.4 Å². The molecule has 0 saturated carbocycles. The van der Waals surface area contributed by atoms with Crippen LogP contribution in [0.5, 0.6) is 0 Å². The Balaban J connectivity index is 2.20. The second kappa shape index (κ2) is 6.74. The molecular formula is C13H14ClN3O3S2. The van der Waals surface area contributed by atoms with E-state index in [0.29, 0.717) is 6.54 Å². The monoisotopic (exact) mass is 359 g/mol. The van der Waals surface area contributed by atoms with Crippen LogP contribution >= 0.6 is 22.9 Å². The predicted molar refractivity (Wildman–Crippen MR) is 85.7 cm³/mol. The normalized spacial score (nSPS) is 11.4. The molecule has 1 aromatic carbocycles. The molecular weight excluding hydrogens is 346 g/mol. The van der Waals surface area contributed by atoms with E-state index in [2.05, 4.69) is 15.0 Å². The number of aromatic nitrogens is 1. The van der Waals surface area contributed by atoms with Crippen LogP contribution < -0.4 is 10.0 Å². The molecule has 118 valence electrons. The molecule has 0 atom stereocenters. The van der Waals surface area contributed by atoms with Crippen LogP contribution in [-0.4, -0.2) is 26.4 Å². The molecule has 0 unspecified atom stereocenters. The Morgan fingerprint density at radius 1 is 1.41 bits per heavy atom. The van der Waals surface area contributed by atoms with Gasteiger partial charge in [-0.15, -0.1) is 11.3 Å². The average Bonchev–Trinajstić information content (AvgIpc) is 2.90. The molecule has 0 spiro atoms. The third-order valence-electron chi connectivity index (χ3n) is 2.85. The fourth-order valence-electron chi connectivity index (χ4n) is 1.71. The Morgan fingerprint density at radius 2 is 2.14 bits per heavy atom. The Hall–Kier alpha value is -1.48. The summed E-state index contributed by atoms with van der Waals surface area (Å²) in [6, 6.07) is 3.98. The van der Waals surface area contributed by atoms with E-state index < -0.39 is 15.9 Å². The minimum absolute atomic E-state index is 0.0156. The quantitative estimate of drug-likeness (QED) is 0.854. The summed E-state index contributed by atoms with van der Waals surface area (Å²) >= 11 is 7.46. The number of hydrogen-bond donors (Lipinski definition) is 2. The number of halogens is 1. The third kappa shape index (κ3) is 3.83. The topological polar surface area (TPSA) is 88.2 Å². The van der Waals surface area contributed by atoms with E-state index >= 15 is 0 Å². The summed E-state index contributed by atoms with van der Waals surface area (Å²) in [7, 11) is -2.33. The van der Waals surface area contributed by atoms with Gasteiger partial charge in [0.2, 0.25) is 10.0 Å². The van der Waals surface area contributed by atoms with Gasteiger partial charge in [0, 0.05) is 11.1 Å². The fourth-order valence-corrected chi connectivity index (χ4v) is 3.41. The first-order valence-corrected chi connectivity index (χ1v) is 8.94. The number of aryl methyl sites for hydroxylation is 1. The zero-order valence-electron chi connectivity index (χ0n) is 11.9. The van der Waals surface area contributed by atoms with Crippen LogP contribution in [0.3, 0.4) is 0 Å². The number of hydrogen-bond acceptors (Lipinski definition) is 5. The lowest BCUT2D eigenvalue weighted by Crippen LogP contribution is -2.24. The SMILES string of the molecule is CNS(=O)(=O)c1ccc(Cl)c(C(=O)NCc2cnc(C)s2)c1. The highest BCUT2D eigenvalue weighted by Gasteiger charge is 2.17. The van der Waals surface area contributed by atoms with E-state index in [-0.39, 0.29) is 15.5 Å². The molecule has 0 aliphatic heterocycles. The molecule has 0 bridgehead atoms. The van der Waals surface area contributed by atoms with E-state index in [4.69, 9.17) is 11.6 Å². The van der Waals surface area contributed by atoms with E-state index in [1.54, 1.807) is 6.20 Å². The Labute approximate surface area is 137 Å². The van der Waals surface area contributed by atoms with Crippen molar-refractivity contribution in [2.24, 2.45) is 0 Å². The number of thiazole rings is 1. The first-order chi connectivity index (χ1) is 10.3. The summed E-state index contributed by atoms with van der Waals surface area (Å²) in [5.74, 6) is -0.441. The van der Waals surface area contributed by atoms with Gasteiger partial charge in [-0.25, -0.2) is 18.1 Å². The molecule has 2 N–H and O–H groups in total. The zero-order chi connectivity index (χ0) is 16.3. The maximum atomic E-state index is 12.2. The van der Waals surface area contributed by atoms with Gasteiger partial charge in [-0.3, -0.25) is 4.79 Å². The first-order valence-electron chi connectivity index (χ1n) is 6.26. The van der Waals surface area contributed by atoms with E-state index in [1.807, 2.05) is 6.92 Å². The number of amides is 1. The summed E-state index contributed by atoms with van der Waals surface area (Å²) in [4.78, 5) is 17.2. The smallest absolute Gasteiger partial charge is 0.253 e. The Kier molecular flexibility index (Phi) is 5.17. The number of benzene rings is 1. The molecule has 0 aliphatic carbocycles. The zero-order valence-corrected chi connectivity index (χ0v) is 14.3. The molecule has 9 heteroatoms. The summed E-state index contributed by atoms with van der Waals surface area (Å²) in [6.45, 7) is 2.18. The third-order valence-corrected chi connectivity index (χ3v) is 5.51. The number of carbonyl (C=O) groups excluding carboxylic acids is 1. The van der Waals surface area contributed by atoms with Crippen LogP contribution in [-0.2, 0) is 16.6 Å². The van der Waals surface area contributed by atoms with Gasteiger partial charge in [0.15, 0.2) is 0 Å². The molecule has 1 aromatic heterocycles. The van der Waals surface area contributed by atoms with Crippen LogP contribution in [0.4, 0.5) is 0 Å². The second-order valence-corrected chi connectivity index (χ2v) is 7.99. The molecule has 22 heavy (non-hydrogen) atoms. The maximum Gasteiger partial charge on any atom is 0.253 e. The number of sulfonamides is 1. The first kappa shape index (κ1) is 16.9. The lowest BCUT2D eigenvalue weighted by Gasteiger charge is -2.08. The molecule has 0 fully saturated rings. The number of carbonyl (C=O) groups is 1. The van der Waals surface area contributed by atoms with E-state index in [0.717, 1.165) is 9.88 Å². The van der Waals surface area contributed by atoms with Gasteiger partial charge in [0.1, 0.15) is 0 Å². The van der Waals surface area contributed by atoms with E-state index in [9.17, 15) is 13.2 Å². The second-order valence-electron chi connectivity index (χ2n) is 4.38. The predicted octanol–water partition coefficient (Wildman–Crippen LogP) is 1.94. The van der Waals surface area contributed by atoms with Crippen molar-refractivity contribution in [2.75, 3.05) is 7.05 Å². The summed E-state index contributed by atoms with van der Waals surface area (Å²) in [5.41, 5.74) is 0.110. The highest BCUT2D eigenvalue weighted by Crippen LogP contribution is 2.20. The fraction of sp³-hybridized carbons (Fsp3) is 0.231. The molecule has 0 saturated heterocycles. The van der Waals surface area contributed by atoms with Crippen LogP contribution in [0.1, 0.15) is 20.2 Å². The minimum Gasteiger partial charge on any atom is -0.347 e. The molecule has 2 rings (SSSR count). The van der Waals surface area contributed by atoms with Crippen LogP contribution in [0, 0.1) is 6.92 Å². The van der Waals surface area contributed by atoms with Gasteiger partial charge in [-0.05, 0) is 32.2 Å². The molecule has 0 aliphatic rings. The highest BCUT2D eigenvalue weighted by molar-refractivity contribution is 7.89. The van der Waals surface area contributed by atoms with Crippen molar-refractivity contribution in [3.05, 3.63) is 44.9 Å². The number of rotatable bonds is 5. The largest absolute Gasteiger partial charge is 0.347 e. The van der Waals surface area contributed by atoms with Crippen molar-refractivity contribution in [1.82, 2.24) is 15.0 Å². The molecule has 2 aromatic rings. The Morgan fingerprint density at radius 3 is 2.73 bits per heavy atom. The van der Waals surface area contributed by atoms with Gasteiger partial charge < -0.3 is 5.32 Å². The number of nitrogens with zero attached hydrogens (tertiary/aromatic N) is 1. The minimum atomic E-state index is -3.63. The van der Waals surface area contributed by atoms with Crippen molar-refractivity contribution in [3.8, 4) is 0 Å². The number of nitrogens with one attached hydrogen (secondary N) is 2. The van der Waals surface area contributed by atoms with Gasteiger partial charge in [-0.2, -0.15) is 0 Å². The van der Waals surface area contributed by atoms with Crippen LogP contribution in [0.25, 0.3) is 0 Å².